The van der Waals surface area contributed by atoms with Crippen LogP contribution in [0, 0.1) is 0 Å². The molecule has 0 amide bonds. The largest absolute Gasteiger partial charge is 0.478 e. The van der Waals surface area contributed by atoms with Gasteiger partial charge in [0.05, 0.1) is 5.69 Å². The Morgan fingerprint density at radius 3 is 2.31 bits per heavy atom. The summed E-state index contributed by atoms with van der Waals surface area (Å²) in [5.74, 6) is -2.04. The molecule has 3 aromatic rings. The number of hydrogen-bond acceptors (Lipinski definition) is 6. The van der Waals surface area contributed by atoms with E-state index in [0.29, 0.717) is 18.1 Å². The molecule has 1 aliphatic heterocycles. The zero-order valence-electron chi connectivity index (χ0n) is 19.4. The molecule has 35 heavy (non-hydrogen) atoms. The summed E-state index contributed by atoms with van der Waals surface area (Å²) < 4.78 is 0. The summed E-state index contributed by atoms with van der Waals surface area (Å²) in [5, 5.41) is 24.4. The van der Waals surface area contributed by atoms with E-state index in [1.165, 1.54) is 18.7 Å². The first-order chi connectivity index (χ1) is 16.9. The van der Waals surface area contributed by atoms with Gasteiger partial charge in [0.2, 0.25) is 0 Å². The Morgan fingerprint density at radius 2 is 1.77 bits per heavy atom. The number of carboxylic acid groups (broad SMARTS) is 2. The van der Waals surface area contributed by atoms with Gasteiger partial charge < -0.3 is 15.1 Å². The number of hydrogen-bond donors (Lipinski definition) is 3. The maximum Gasteiger partial charge on any atom is 0.328 e. The smallest absolute Gasteiger partial charge is 0.328 e. The minimum absolute atomic E-state index is 0.469. The lowest BCUT2D eigenvalue weighted by atomic mass is 9.89. The van der Waals surface area contributed by atoms with Gasteiger partial charge in [-0.1, -0.05) is 30.7 Å². The minimum atomic E-state index is -1.26. The molecule has 3 N–H and O–H groups in total. The summed E-state index contributed by atoms with van der Waals surface area (Å²) in [5.41, 5.74) is 5.16. The van der Waals surface area contributed by atoms with E-state index in [-0.39, 0.29) is 0 Å². The van der Waals surface area contributed by atoms with Crippen molar-refractivity contribution < 1.29 is 19.8 Å². The number of H-pyrrole nitrogens is 1. The van der Waals surface area contributed by atoms with Gasteiger partial charge in [-0.15, -0.1) is 0 Å². The zero-order valence-corrected chi connectivity index (χ0v) is 20.1. The van der Waals surface area contributed by atoms with Gasteiger partial charge >= 0.3 is 11.9 Å². The van der Waals surface area contributed by atoms with E-state index in [1.54, 1.807) is 12.5 Å². The molecule has 1 saturated heterocycles. The molecule has 1 fully saturated rings. The molecule has 9 nitrogen and oxygen atoms in total. The molecule has 0 aliphatic carbocycles. The maximum absolute atomic E-state index is 9.55. The first kappa shape index (κ1) is 26.1. The van der Waals surface area contributed by atoms with Crippen LogP contribution in [0.4, 0.5) is 0 Å². The monoisotopic (exact) mass is 497 g/mol. The third-order valence-corrected chi connectivity index (χ3v) is 5.91. The number of aliphatic carboxylic acids is 2. The fourth-order valence-corrected chi connectivity index (χ4v) is 4.20. The van der Waals surface area contributed by atoms with Gasteiger partial charge in [-0.05, 0) is 57.1 Å². The number of benzene rings is 1. The second-order valence-corrected chi connectivity index (χ2v) is 8.52. The highest BCUT2D eigenvalue weighted by atomic mass is 35.5. The summed E-state index contributed by atoms with van der Waals surface area (Å²) in [6.45, 7) is 5.70. The van der Waals surface area contributed by atoms with Gasteiger partial charge in [-0.25, -0.2) is 19.6 Å². The van der Waals surface area contributed by atoms with Gasteiger partial charge in [-0.3, -0.25) is 5.10 Å². The Hall–Kier alpha value is -3.56. The van der Waals surface area contributed by atoms with Gasteiger partial charge in [0.25, 0.3) is 0 Å². The number of halogens is 1. The molecule has 184 valence electrons. The van der Waals surface area contributed by atoms with E-state index < -0.39 is 11.9 Å². The molecule has 0 bridgehead atoms. The van der Waals surface area contributed by atoms with Crippen LogP contribution in [0.2, 0.25) is 5.02 Å². The highest BCUT2D eigenvalue weighted by Gasteiger charge is 2.27. The van der Waals surface area contributed by atoms with Crippen molar-refractivity contribution in [3.05, 3.63) is 65.7 Å². The molecular weight excluding hydrogens is 470 g/mol. The predicted octanol–water partition coefficient (Wildman–Crippen LogP) is 4.49. The van der Waals surface area contributed by atoms with Gasteiger partial charge in [0, 0.05) is 46.1 Å². The number of aromatic nitrogens is 4. The Kier molecular flexibility index (Phi) is 9.51. The lowest BCUT2D eigenvalue weighted by Gasteiger charge is -2.31. The van der Waals surface area contributed by atoms with E-state index in [4.69, 9.17) is 21.8 Å². The third kappa shape index (κ3) is 7.46. The predicted molar refractivity (Wildman–Crippen MR) is 133 cm³/mol. The van der Waals surface area contributed by atoms with Crippen LogP contribution in [0.15, 0.2) is 55.0 Å². The number of nitrogens with one attached hydrogen (secondary N) is 1. The molecule has 4 rings (SSSR count). The van der Waals surface area contributed by atoms with Crippen LogP contribution < -0.4 is 0 Å². The SMILES string of the molecule is CCCN1CCC(c2[nH]nc(-c3ccc(Cl)cc3)c2-c2ccncn2)CC1.O=C(O)/C=C/C(=O)O. The van der Waals surface area contributed by atoms with E-state index >= 15 is 0 Å². The quantitative estimate of drug-likeness (QED) is 0.407. The average molecular weight is 498 g/mol. The van der Waals surface area contributed by atoms with Gasteiger partial charge in [0.15, 0.2) is 0 Å². The number of likely N-dealkylation sites (tertiary alicyclic amines) is 1. The fourth-order valence-electron chi connectivity index (χ4n) is 4.07. The first-order valence-corrected chi connectivity index (χ1v) is 11.7. The van der Waals surface area contributed by atoms with Crippen molar-refractivity contribution in [1.29, 1.82) is 0 Å². The second kappa shape index (κ2) is 12.8. The Morgan fingerprint density at radius 1 is 1.11 bits per heavy atom. The number of carbonyl (C=O) groups is 2. The molecule has 2 aromatic heterocycles. The number of rotatable bonds is 7. The number of carboxylic acids is 2. The molecule has 3 heterocycles. The molecule has 0 unspecified atom stereocenters. The Labute approximate surface area is 208 Å². The van der Waals surface area contributed by atoms with Crippen LogP contribution in [0.3, 0.4) is 0 Å². The molecule has 10 heteroatoms. The zero-order chi connectivity index (χ0) is 25.2. The second-order valence-electron chi connectivity index (χ2n) is 8.09. The van der Waals surface area contributed by atoms with Crippen LogP contribution >= 0.6 is 11.6 Å². The molecule has 0 spiro atoms. The average Bonchev–Trinajstić information content (AvgIpc) is 3.30. The lowest BCUT2D eigenvalue weighted by Crippen LogP contribution is -2.33. The van der Waals surface area contributed by atoms with Crippen LogP contribution in [0.25, 0.3) is 22.5 Å². The highest BCUT2D eigenvalue weighted by Crippen LogP contribution is 2.39. The molecular formula is C25H28ClN5O4. The van der Waals surface area contributed by atoms with Crippen molar-refractivity contribution in [2.45, 2.75) is 32.1 Å². The van der Waals surface area contributed by atoms with E-state index in [2.05, 4.69) is 32.0 Å². The fraction of sp³-hybridized carbons (Fsp3) is 0.320. The summed E-state index contributed by atoms with van der Waals surface area (Å²) >= 11 is 6.07. The van der Waals surface area contributed by atoms with Crippen LogP contribution in [0.1, 0.15) is 37.8 Å². The van der Waals surface area contributed by atoms with Crippen LogP contribution in [-0.2, 0) is 9.59 Å². The molecule has 1 aliphatic rings. The summed E-state index contributed by atoms with van der Waals surface area (Å²) in [6.07, 6.45) is 7.99. The van der Waals surface area contributed by atoms with Crippen molar-refractivity contribution in [2.75, 3.05) is 19.6 Å². The lowest BCUT2D eigenvalue weighted by molar-refractivity contribution is -0.134. The van der Waals surface area contributed by atoms with Gasteiger partial charge in [0.1, 0.15) is 12.0 Å². The van der Waals surface area contributed by atoms with Crippen LogP contribution in [-0.4, -0.2) is 66.9 Å². The van der Waals surface area contributed by atoms with Crippen molar-refractivity contribution >= 4 is 23.5 Å². The molecule has 0 radical (unpaired) electrons. The topological polar surface area (TPSA) is 132 Å². The summed E-state index contributed by atoms with van der Waals surface area (Å²) in [7, 11) is 0. The number of aromatic amines is 1. The minimum Gasteiger partial charge on any atom is -0.478 e. The third-order valence-electron chi connectivity index (χ3n) is 5.65. The van der Waals surface area contributed by atoms with Crippen molar-refractivity contribution in [1.82, 2.24) is 25.1 Å². The van der Waals surface area contributed by atoms with E-state index in [9.17, 15) is 9.59 Å². The van der Waals surface area contributed by atoms with E-state index in [1.807, 2.05) is 30.3 Å². The molecule has 0 saturated carbocycles. The first-order valence-electron chi connectivity index (χ1n) is 11.4. The summed E-state index contributed by atoms with van der Waals surface area (Å²) in [4.78, 5) is 30.3. The van der Waals surface area contributed by atoms with Gasteiger partial charge in [-0.2, -0.15) is 5.10 Å². The molecule has 1 aromatic carbocycles. The van der Waals surface area contributed by atoms with Crippen molar-refractivity contribution in [2.24, 2.45) is 0 Å². The normalized spacial score (nSPS) is 14.5. The summed E-state index contributed by atoms with van der Waals surface area (Å²) in [6, 6.07) is 9.78. The molecule has 0 atom stereocenters. The highest BCUT2D eigenvalue weighted by molar-refractivity contribution is 6.30. The number of nitrogens with zero attached hydrogens (tertiary/aromatic N) is 4. The van der Waals surface area contributed by atoms with Crippen molar-refractivity contribution in [3.8, 4) is 22.5 Å². The maximum atomic E-state index is 9.55. The number of piperidine rings is 1. The Bertz CT molecular complexity index is 1120. The van der Waals surface area contributed by atoms with Crippen molar-refractivity contribution in [3.63, 3.8) is 0 Å². The van der Waals surface area contributed by atoms with E-state index in [0.717, 1.165) is 53.5 Å². The van der Waals surface area contributed by atoms with Crippen LogP contribution in [0.5, 0.6) is 0 Å². The Balaban J connectivity index is 0.000000371. The standard InChI is InChI=1S/C21H24ClN5.C4H4O4/c1-2-11-27-12-8-16(9-13-27)21-19(18-7-10-23-14-24-18)20(25-26-21)15-3-5-17(22)6-4-15;5-3(6)1-2-4(7)8/h3-7,10,14,16H,2,8-9,11-13H2,1H3,(H,25,26);1-2H,(H,5,6)(H,7,8)/b;2-1+.